The number of amides is 2. The van der Waals surface area contributed by atoms with E-state index in [0.717, 1.165) is 28.1 Å². The number of imidazole rings is 1. The van der Waals surface area contributed by atoms with E-state index in [0.29, 0.717) is 12.2 Å². The molecule has 7 nitrogen and oxygen atoms in total. The van der Waals surface area contributed by atoms with Crippen LogP contribution in [0.3, 0.4) is 0 Å². The normalized spacial score (nSPS) is 14.1. The summed E-state index contributed by atoms with van der Waals surface area (Å²) in [4.78, 5) is 25.3. The number of nitrogens with zero attached hydrogens (tertiary/aromatic N) is 4. The van der Waals surface area contributed by atoms with Crippen LogP contribution in [0.2, 0.25) is 0 Å². The lowest BCUT2D eigenvalue weighted by Crippen LogP contribution is -2.33. The molecule has 0 saturated heterocycles. The number of hydrogen-bond donors (Lipinski definition) is 2. The first-order valence-electron chi connectivity index (χ1n) is 9.74. The van der Waals surface area contributed by atoms with E-state index in [1.54, 1.807) is 12.4 Å². The van der Waals surface area contributed by atoms with Crippen LogP contribution in [0, 0.1) is 6.92 Å². The Balaban J connectivity index is 1.25. The first-order valence-corrected chi connectivity index (χ1v) is 9.74. The Morgan fingerprint density at radius 2 is 1.93 bits per heavy atom. The maximum Gasteiger partial charge on any atom is 0.319 e. The van der Waals surface area contributed by atoms with Crippen molar-refractivity contribution in [1.29, 1.82) is 0 Å². The van der Waals surface area contributed by atoms with Crippen LogP contribution in [0.25, 0.3) is 22.5 Å². The molecule has 0 spiro atoms. The second-order valence-corrected chi connectivity index (χ2v) is 7.25. The molecular weight excluding hydrogens is 376 g/mol. The molecule has 5 rings (SSSR count). The lowest BCUT2D eigenvalue weighted by atomic mass is 10.0. The van der Waals surface area contributed by atoms with E-state index in [-0.39, 0.29) is 12.1 Å². The Labute approximate surface area is 173 Å². The smallest absolute Gasteiger partial charge is 0.319 e. The lowest BCUT2D eigenvalue weighted by molar-refractivity contribution is 0.251. The van der Waals surface area contributed by atoms with Crippen molar-refractivity contribution in [3.05, 3.63) is 84.7 Å². The number of anilines is 1. The van der Waals surface area contributed by atoms with Gasteiger partial charge in [0.25, 0.3) is 0 Å². The van der Waals surface area contributed by atoms with Crippen LogP contribution in [0.15, 0.2) is 73.6 Å². The van der Waals surface area contributed by atoms with Gasteiger partial charge in [0.2, 0.25) is 0 Å². The van der Waals surface area contributed by atoms with Crippen molar-refractivity contribution in [3.63, 3.8) is 0 Å². The van der Waals surface area contributed by atoms with Crippen LogP contribution >= 0.6 is 0 Å². The fraction of sp³-hybridized carbons (Fsp3) is 0.130. The summed E-state index contributed by atoms with van der Waals surface area (Å²) in [5.41, 5.74) is 6.98. The van der Waals surface area contributed by atoms with Crippen molar-refractivity contribution in [3.8, 4) is 22.5 Å². The van der Waals surface area contributed by atoms with E-state index in [1.807, 2.05) is 56.0 Å². The van der Waals surface area contributed by atoms with E-state index in [9.17, 15) is 4.79 Å². The molecular formula is C23H20N6O. The van der Waals surface area contributed by atoms with Gasteiger partial charge in [-0.3, -0.25) is 9.97 Å². The van der Waals surface area contributed by atoms with Crippen LogP contribution in [-0.4, -0.2) is 32.1 Å². The molecule has 148 valence electrons. The number of rotatable bonds is 4. The molecule has 4 aromatic rings. The molecule has 1 unspecified atom stereocenters. The summed E-state index contributed by atoms with van der Waals surface area (Å²) in [5, 5.41) is 5.82. The Morgan fingerprint density at radius 3 is 2.77 bits per heavy atom. The van der Waals surface area contributed by atoms with E-state index in [2.05, 4.69) is 42.3 Å². The molecule has 1 aromatic carbocycles. The molecule has 0 radical (unpaired) electrons. The number of carbonyl (C=O) groups is 1. The van der Waals surface area contributed by atoms with Gasteiger partial charge in [0.1, 0.15) is 0 Å². The highest BCUT2D eigenvalue weighted by atomic mass is 16.2. The largest absolute Gasteiger partial charge is 0.335 e. The topological polar surface area (TPSA) is 84.7 Å². The maximum absolute atomic E-state index is 12.5. The number of nitrogens with one attached hydrogen (secondary N) is 2. The quantitative estimate of drug-likeness (QED) is 0.545. The third-order valence-corrected chi connectivity index (χ3v) is 5.37. The van der Waals surface area contributed by atoms with Crippen LogP contribution in [-0.2, 0) is 0 Å². The number of pyridine rings is 2. The molecule has 1 aliphatic heterocycles. The highest BCUT2D eigenvalue weighted by molar-refractivity contribution is 5.89. The number of carbonyl (C=O) groups excluding carboxylic acids is 1. The van der Waals surface area contributed by atoms with E-state index < -0.39 is 0 Å². The van der Waals surface area contributed by atoms with Gasteiger partial charge in [-0.15, -0.1) is 0 Å². The van der Waals surface area contributed by atoms with Crippen molar-refractivity contribution in [1.82, 2.24) is 24.8 Å². The molecule has 1 aliphatic rings. The fourth-order valence-corrected chi connectivity index (χ4v) is 3.89. The number of fused-ring (bicyclic) bond motifs is 3. The predicted octanol–water partition coefficient (Wildman–Crippen LogP) is 4.04. The molecule has 3 aromatic heterocycles. The van der Waals surface area contributed by atoms with Crippen molar-refractivity contribution < 1.29 is 4.79 Å². The van der Waals surface area contributed by atoms with Gasteiger partial charge in [-0.2, -0.15) is 0 Å². The maximum atomic E-state index is 12.5. The van der Waals surface area contributed by atoms with Crippen molar-refractivity contribution in [2.45, 2.75) is 13.0 Å². The molecule has 0 aliphatic carbocycles. The number of aromatic nitrogens is 4. The summed E-state index contributed by atoms with van der Waals surface area (Å²) in [6, 6.07) is 13.6. The molecule has 0 saturated carbocycles. The second-order valence-electron chi connectivity index (χ2n) is 7.25. The summed E-state index contributed by atoms with van der Waals surface area (Å²) in [5.74, 6) is 0. The zero-order valence-corrected chi connectivity index (χ0v) is 16.4. The van der Waals surface area contributed by atoms with E-state index >= 15 is 0 Å². The Morgan fingerprint density at radius 1 is 1.03 bits per heavy atom. The second kappa shape index (κ2) is 7.44. The van der Waals surface area contributed by atoms with Crippen molar-refractivity contribution in [2.24, 2.45) is 0 Å². The predicted molar refractivity (Wildman–Crippen MR) is 115 cm³/mol. The summed E-state index contributed by atoms with van der Waals surface area (Å²) >= 11 is 0. The Hall–Kier alpha value is -4.00. The van der Waals surface area contributed by atoms with Crippen molar-refractivity contribution in [2.75, 3.05) is 11.9 Å². The molecule has 30 heavy (non-hydrogen) atoms. The average molecular weight is 396 g/mol. The Kier molecular flexibility index (Phi) is 4.48. The lowest BCUT2D eigenvalue weighted by Gasteiger charge is -2.16. The van der Waals surface area contributed by atoms with Gasteiger partial charge in [-0.25, -0.2) is 9.78 Å². The zero-order valence-electron chi connectivity index (χ0n) is 16.4. The summed E-state index contributed by atoms with van der Waals surface area (Å²) < 4.78 is 2.10. The highest BCUT2D eigenvalue weighted by Crippen LogP contribution is 2.38. The molecule has 7 heteroatoms. The number of aryl methyl sites for hydroxylation is 1. The van der Waals surface area contributed by atoms with Crippen LogP contribution in [0.1, 0.15) is 17.2 Å². The molecule has 0 fully saturated rings. The standard InChI is InChI=1S/C23H20N6O/c1-15-10-24-9-8-17(15)20-7-6-16(11-26-20)28-23(30)27-13-22-19-5-3-2-4-18(19)21-12-25-14-29(21)22/h2-12,14,22H,13H2,1H3,(H2,27,28,30). The third-order valence-electron chi connectivity index (χ3n) is 5.37. The van der Waals surface area contributed by atoms with Crippen LogP contribution < -0.4 is 10.6 Å². The van der Waals surface area contributed by atoms with Gasteiger partial charge < -0.3 is 15.2 Å². The summed E-state index contributed by atoms with van der Waals surface area (Å²) in [6.45, 7) is 2.46. The SMILES string of the molecule is Cc1cnccc1-c1ccc(NC(=O)NCC2c3ccccc3-c3cncn32)cn1. The monoisotopic (exact) mass is 396 g/mol. The first kappa shape index (κ1) is 18.1. The molecule has 4 heterocycles. The zero-order chi connectivity index (χ0) is 20.5. The fourth-order valence-electron chi connectivity index (χ4n) is 3.89. The van der Waals surface area contributed by atoms with Gasteiger partial charge >= 0.3 is 6.03 Å². The van der Waals surface area contributed by atoms with Gasteiger partial charge in [-0.1, -0.05) is 24.3 Å². The molecule has 0 bridgehead atoms. The minimum absolute atomic E-state index is 0.0274. The number of urea groups is 1. The van der Waals surface area contributed by atoms with Gasteiger partial charge in [0, 0.05) is 30.1 Å². The van der Waals surface area contributed by atoms with Crippen molar-refractivity contribution >= 4 is 11.7 Å². The van der Waals surface area contributed by atoms with Gasteiger partial charge in [0.15, 0.2) is 0 Å². The first-order chi connectivity index (χ1) is 14.7. The number of hydrogen-bond acceptors (Lipinski definition) is 4. The molecule has 2 N–H and O–H groups in total. The van der Waals surface area contributed by atoms with E-state index in [4.69, 9.17) is 0 Å². The molecule has 1 atom stereocenters. The minimum atomic E-state index is -0.268. The Bertz CT molecular complexity index is 1210. The highest BCUT2D eigenvalue weighted by Gasteiger charge is 2.28. The third kappa shape index (κ3) is 3.20. The van der Waals surface area contributed by atoms with Crippen LogP contribution in [0.4, 0.5) is 10.5 Å². The van der Waals surface area contributed by atoms with Crippen LogP contribution in [0.5, 0.6) is 0 Å². The summed E-state index contributed by atoms with van der Waals surface area (Å²) in [6.07, 6.45) is 8.88. The molecule has 2 amide bonds. The van der Waals surface area contributed by atoms with Gasteiger partial charge in [-0.05, 0) is 36.2 Å². The minimum Gasteiger partial charge on any atom is -0.335 e. The van der Waals surface area contributed by atoms with Gasteiger partial charge in [0.05, 0.1) is 41.8 Å². The number of benzene rings is 1. The average Bonchev–Trinajstić information content (AvgIpc) is 3.35. The summed E-state index contributed by atoms with van der Waals surface area (Å²) in [7, 11) is 0. The van der Waals surface area contributed by atoms with E-state index in [1.165, 1.54) is 5.56 Å².